The maximum Gasteiger partial charge on any atom is 0.157 e. The van der Waals surface area contributed by atoms with Crippen molar-refractivity contribution in [3.63, 3.8) is 0 Å². The predicted octanol–water partition coefficient (Wildman–Crippen LogP) is 3.11. The molecule has 114 valence electrons. The van der Waals surface area contributed by atoms with Gasteiger partial charge in [0.15, 0.2) is 5.17 Å². The Labute approximate surface area is 128 Å². The van der Waals surface area contributed by atoms with Crippen LogP contribution in [0.5, 0.6) is 0 Å². The summed E-state index contributed by atoms with van der Waals surface area (Å²) in [5.41, 5.74) is 0.382. The highest BCUT2D eigenvalue weighted by Gasteiger charge is 2.40. The van der Waals surface area contributed by atoms with E-state index in [0.717, 1.165) is 5.92 Å². The van der Waals surface area contributed by atoms with Crippen LogP contribution in [0.1, 0.15) is 52.4 Å². The SMILES string of the molecule is CC1CCC2(CC1)CSC(=NC1CCN(C)C(C)C1)N2. The maximum absolute atomic E-state index is 5.03. The van der Waals surface area contributed by atoms with E-state index in [9.17, 15) is 0 Å². The lowest BCUT2D eigenvalue weighted by atomic mass is 9.78. The Hall–Kier alpha value is -0.220. The zero-order valence-corrected chi connectivity index (χ0v) is 14.0. The number of aliphatic imine (C=N–C) groups is 1. The Morgan fingerprint density at radius 2 is 2.00 bits per heavy atom. The van der Waals surface area contributed by atoms with E-state index >= 15 is 0 Å². The van der Waals surface area contributed by atoms with E-state index in [-0.39, 0.29) is 0 Å². The van der Waals surface area contributed by atoms with Crippen LogP contribution < -0.4 is 5.32 Å². The van der Waals surface area contributed by atoms with E-state index in [1.54, 1.807) is 0 Å². The van der Waals surface area contributed by atoms with Gasteiger partial charge in [-0.3, -0.25) is 4.99 Å². The molecule has 0 aromatic rings. The smallest absolute Gasteiger partial charge is 0.157 e. The monoisotopic (exact) mass is 295 g/mol. The summed E-state index contributed by atoms with van der Waals surface area (Å²) in [5.74, 6) is 2.16. The van der Waals surface area contributed by atoms with Gasteiger partial charge < -0.3 is 10.2 Å². The van der Waals surface area contributed by atoms with Crippen LogP contribution in [0.3, 0.4) is 0 Å². The van der Waals surface area contributed by atoms with Crippen molar-refractivity contribution in [3.8, 4) is 0 Å². The minimum Gasteiger partial charge on any atom is -0.359 e. The van der Waals surface area contributed by atoms with Gasteiger partial charge in [0.2, 0.25) is 0 Å². The van der Waals surface area contributed by atoms with Gasteiger partial charge in [-0.15, -0.1) is 0 Å². The number of nitrogens with one attached hydrogen (secondary N) is 1. The largest absolute Gasteiger partial charge is 0.359 e. The van der Waals surface area contributed by atoms with Crippen molar-refractivity contribution in [2.75, 3.05) is 19.3 Å². The minimum absolute atomic E-state index is 0.382. The Bertz CT molecular complexity index is 374. The molecule has 3 aliphatic rings. The summed E-state index contributed by atoms with van der Waals surface area (Å²) in [6.45, 7) is 5.91. The molecule has 2 atom stereocenters. The van der Waals surface area contributed by atoms with Crippen LogP contribution in [0.25, 0.3) is 0 Å². The number of hydrogen-bond donors (Lipinski definition) is 1. The van der Waals surface area contributed by atoms with Gasteiger partial charge in [0.25, 0.3) is 0 Å². The average molecular weight is 295 g/mol. The van der Waals surface area contributed by atoms with E-state index in [1.165, 1.54) is 56.0 Å². The van der Waals surface area contributed by atoms with Gasteiger partial charge in [0, 0.05) is 23.9 Å². The topological polar surface area (TPSA) is 27.6 Å². The van der Waals surface area contributed by atoms with Crippen LogP contribution in [0.4, 0.5) is 0 Å². The van der Waals surface area contributed by atoms with Gasteiger partial charge in [-0.1, -0.05) is 18.7 Å². The second-order valence-corrected chi connectivity index (χ2v) is 8.28. The van der Waals surface area contributed by atoms with Crippen molar-refractivity contribution >= 4 is 16.9 Å². The second kappa shape index (κ2) is 5.88. The molecule has 1 saturated carbocycles. The van der Waals surface area contributed by atoms with Gasteiger partial charge in [-0.05, 0) is 58.4 Å². The molecule has 1 N–H and O–H groups in total. The van der Waals surface area contributed by atoms with Crippen molar-refractivity contribution in [2.24, 2.45) is 10.9 Å². The molecule has 3 rings (SSSR count). The van der Waals surface area contributed by atoms with Crippen LogP contribution >= 0.6 is 11.8 Å². The molecular formula is C16H29N3S. The summed E-state index contributed by atoms with van der Waals surface area (Å²) in [6.07, 6.45) is 7.87. The highest BCUT2D eigenvalue weighted by atomic mass is 32.2. The highest BCUT2D eigenvalue weighted by molar-refractivity contribution is 8.14. The van der Waals surface area contributed by atoms with Gasteiger partial charge in [0.1, 0.15) is 0 Å². The lowest BCUT2D eigenvalue weighted by Crippen LogP contribution is -2.46. The second-order valence-electron chi connectivity index (χ2n) is 7.32. The number of likely N-dealkylation sites (tertiary alicyclic amines) is 1. The standard InChI is InChI=1S/C16H29N3S/c1-12-4-7-16(8-5-12)11-20-15(18-16)17-14-6-9-19(3)13(2)10-14/h12-14H,4-11H2,1-3H3,(H,17,18). The molecule has 0 aromatic carbocycles. The third kappa shape index (κ3) is 3.16. The summed E-state index contributed by atoms with van der Waals surface area (Å²) < 4.78 is 0. The van der Waals surface area contributed by atoms with Crippen molar-refractivity contribution in [1.29, 1.82) is 0 Å². The number of rotatable bonds is 1. The number of thioether (sulfide) groups is 1. The summed E-state index contributed by atoms with van der Waals surface area (Å²) in [6, 6.07) is 1.21. The van der Waals surface area contributed by atoms with Gasteiger partial charge in [-0.2, -0.15) is 0 Å². The first-order valence-electron chi connectivity index (χ1n) is 8.25. The Morgan fingerprint density at radius 3 is 2.70 bits per heavy atom. The molecule has 0 aromatic heterocycles. The van der Waals surface area contributed by atoms with E-state index in [1.807, 2.05) is 11.8 Å². The highest BCUT2D eigenvalue weighted by Crippen LogP contribution is 2.38. The molecule has 4 heteroatoms. The van der Waals surface area contributed by atoms with Crippen molar-refractivity contribution in [1.82, 2.24) is 10.2 Å². The van der Waals surface area contributed by atoms with Crippen LogP contribution in [-0.2, 0) is 0 Å². The first-order valence-corrected chi connectivity index (χ1v) is 9.24. The van der Waals surface area contributed by atoms with Crippen LogP contribution in [0, 0.1) is 5.92 Å². The van der Waals surface area contributed by atoms with E-state index < -0.39 is 0 Å². The number of amidine groups is 1. The molecule has 1 aliphatic carbocycles. The first-order chi connectivity index (χ1) is 9.56. The third-order valence-electron chi connectivity index (χ3n) is 5.57. The zero-order valence-electron chi connectivity index (χ0n) is 13.2. The molecule has 1 spiro atoms. The fourth-order valence-electron chi connectivity index (χ4n) is 3.71. The third-order valence-corrected chi connectivity index (χ3v) is 6.75. The molecule has 0 radical (unpaired) electrons. The fraction of sp³-hybridized carbons (Fsp3) is 0.938. The molecule has 2 unspecified atom stereocenters. The Morgan fingerprint density at radius 1 is 1.25 bits per heavy atom. The van der Waals surface area contributed by atoms with Gasteiger partial charge >= 0.3 is 0 Å². The van der Waals surface area contributed by atoms with E-state index in [2.05, 4.69) is 31.1 Å². The predicted molar refractivity (Wildman–Crippen MR) is 88.5 cm³/mol. The van der Waals surface area contributed by atoms with E-state index in [0.29, 0.717) is 17.6 Å². The molecule has 2 saturated heterocycles. The number of hydrogen-bond acceptors (Lipinski definition) is 3. The number of piperidine rings is 1. The normalized spacial score (nSPS) is 45.0. The average Bonchev–Trinajstić information content (AvgIpc) is 2.81. The molecular weight excluding hydrogens is 266 g/mol. The molecule has 0 amide bonds. The molecule has 2 heterocycles. The van der Waals surface area contributed by atoms with Crippen LogP contribution in [-0.4, -0.2) is 47.0 Å². The first kappa shape index (κ1) is 14.7. The molecule has 2 aliphatic heterocycles. The summed E-state index contributed by atoms with van der Waals surface area (Å²) >= 11 is 1.97. The Balaban J connectivity index is 1.58. The minimum atomic E-state index is 0.382. The molecule has 3 nitrogen and oxygen atoms in total. The van der Waals surface area contributed by atoms with Crippen LogP contribution in [0.2, 0.25) is 0 Å². The summed E-state index contributed by atoms with van der Waals surface area (Å²) in [7, 11) is 2.23. The Kier molecular flexibility index (Phi) is 4.32. The zero-order chi connectivity index (χ0) is 14.2. The lowest BCUT2D eigenvalue weighted by molar-refractivity contribution is 0.184. The lowest BCUT2D eigenvalue weighted by Gasteiger charge is -2.36. The maximum atomic E-state index is 5.03. The molecule has 0 bridgehead atoms. The van der Waals surface area contributed by atoms with E-state index in [4.69, 9.17) is 4.99 Å². The van der Waals surface area contributed by atoms with Gasteiger partial charge in [0.05, 0.1) is 6.04 Å². The quantitative estimate of drug-likeness (QED) is 0.805. The van der Waals surface area contributed by atoms with Crippen molar-refractivity contribution in [2.45, 2.75) is 70.0 Å². The molecule has 20 heavy (non-hydrogen) atoms. The summed E-state index contributed by atoms with van der Waals surface area (Å²) in [4.78, 5) is 7.48. The van der Waals surface area contributed by atoms with Crippen molar-refractivity contribution < 1.29 is 0 Å². The van der Waals surface area contributed by atoms with Crippen molar-refractivity contribution in [3.05, 3.63) is 0 Å². The number of nitrogens with zero attached hydrogens (tertiary/aromatic N) is 2. The fourth-order valence-corrected chi connectivity index (χ4v) is 4.99. The summed E-state index contributed by atoms with van der Waals surface area (Å²) in [5, 5.41) is 5.04. The van der Waals surface area contributed by atoms with Gasteiger partial charge in [-0.25, -0.2) is 0 Å². The molecule has 3 fully saturated rings. The van der Waals surface area contributed by atoms with Crippen LogP contribution in [0.15, 0.2) is 4.99 Å².